The SMILES string of the molecule is COC(=O)C[C@@H](C)CCC(C)=C(C)C. The summed E-state index contributed by atoms with van der Waals surface area (Å²) in [7, 11) is 1.44. The molecule has 0 radical (unpaired) electrons. The average molecular weight is 198 g/mol. The minimum Gasteiger partial charge on any atom is -0.469 e. The molecule has 0 aliphatic heterocycles. The van der Waals surface area contributed by atoms with E-state index in [1.807, 2.05) is 0 Å². The van der Waals surface area contributed by atoms with Gasteiger partial charge < -0.3 is 4.74 Å². The molecule has 0 aromatic rings. The third-order valence-electron chi connectivity index (χ3n) is 2.61. The first-order valence-corrected chi connectivity index (χ1v) is 5.17. The van der Waals surface area contributed by atoms with Gasteiger partial charge in [0.25, 0.3) is 0 Å². The van der Waals surface area contributed by atoms with Crippen LogP contribution < -0.4 is 0 Å². The Kier molecular flexibility index (Phi) is 6.26. The lowest BCUT2D eigenvalue weighted by molar-refractivity contribution is -0.141. The molecular weight excluding hydrogens is 176 g/mol. The molecule has 0 rings (SSSR count). The number of ether oxygens (including phenoxy) is 1. The van der Waals surface area contributed by atoms with Gasteiger partial charge in [-0.05, 0) is 39.5 Å². The third-order valence-corrected chi connectivity index (χ3v) is 2.61. The van der Waals surface area contributed by atoms with Crippen molar-refractivity contribution in [1.82, 2.24) is 0 Å². The van der Waals surface area contributed by atoms with Crippen LogP contribution in [0.15, 0.2) is 11.1 Å². The molecule has 0 spiro atoms. The minimum absolute atomic E-state index is 0.104. The highest BCUT2D eigenvalue weighted by atomic mass is 16.5. The summed E-state index contributed by atoms with van der Waals surface area (Å²) in [6.45, 7) is 8.50. The number of rotatable bonds is 5. The van der Waals surface area contributed by atoms with E-state index in [1.165, 1.54) is 18.3 Å². The molecule has 2 nitrogen and oxygen atoms in total. The molecule has 0 saturated heterocycles. The lowest BCUT2D eigenvalue weighted by Crippen LogP contribution is -2.07. The maximum absolute atomic E-state index is 11.0. The number of methoxy groups -OCH3 is 1. The van der Waals surface area contributed by atoms with Crippen molar-refractivity contribution in [2.45, 2.75) is 47.0 Å². The molecule has 0 saturated carbocycles. The molecule has 0 amide bonds. The van der Waals surface area contributed by atoms with Crippen molar-refractivity contribution >= 4 is 5.97 Å². The van der Waals surface area contributed by atoms with Crippen molar-refractivity contribution in [3.63, 3.8) is 0 Å². The van der Waals surface area contributed by atoms with E-state index in [1.54, 1.807) is 0 Å². The van der Waals surface area contributed by atoms with Crippen molar-refractivity contribution in [3.8, 4) is 0 Å². The van der Waals surface area contributed by atoms with Crippen molar-refractivity contribution < 1.29 is 9.53 Å². The molecule has 0 fully saturated rings. The van der Waals surface area contributed by atoms with Gasteiger partial charge in [-0.15, -0.1) is 0 Å². The van der Waals surface area contributed by atoms with Gasteiger partial charge in [0, 0.05) is 6.42 Å². The largest absolute Gasteiger partial charge is 0.469 e. The molecule has 2 heteroatoms. The van der Waals surface area contributed by atoms with Gasteiger partial charge >= 0.3 is 5.97 Å². The number of carbonyl (C=O) groups is 1. The van der Waals surface area contributed by atoms with Gasteiger partial charge in [0.05, 0.1) is 7.11 Å². The van der Waals surface area contributed by atoms with Crippen molar-refractivity contribution in [2.75, 3.05) is 7.11 Å². The van der Waals surface area contributed by atoms with Crippen molar-refractivity contribution in [3.05, 3.63) is 11.1 Å². The third kappa shape index (κ3) is 5.79. The molecule has 82 valence electrons. The Bertz CT molecular complexity index is 212. The van der Waals surface area contributed by atoms with Crippen LogP contribution >= 0.6 is 0 Å². The van der Waals surface area contributed by atoms with Gasteiger partial charge in [0.2, 0.25) is 0 Å². The monoisotopic (exact) mass is 198 g/mol. The molecule has 0 bridgehead atoms. The van der Waals surface area contributed by atoms with E-state index in [9.17, 15) is 4.79 Å². The molecule has 1 atom stereocenters. The molecule has 0 heterocycles. The predicted octanol–water partition coefficient (Wildman–Crippen LogP) is 3.32. The standard InChI is InChI=1S/C12H22O2/c1-9(2)11(4)7-6-10(3)8-12(13)14-5/h10H,6-8H2,1-5H3/t10-/m0/s1. The first-order chi connectivity index (χ1) is 6.47. The Balaban J connectivity index is 3.80. The molecule has 0 aromatic carbocycles. The number of carbonyl (C=O) groups excluding carboxylic acids is 1. The summed E-state index contributed by atoms with van der Waals surface area (Å²) in [5, 5.41) is 0. The van der Waals surface area contributed by atoms with Gasteiger partial charge in [-0.3, -0.25) is 4.79 Å². The van der Waals surface area contributed by atoms with Crippen molar-refractivity contribution in [1.29, 1.82) is 0 Å². The van der Waals surface area contributed by atoms with E-state index in [-0.39, 0.29) is 5.97 Å². The van der Waals surface area contributed by atoms with Gasteiger partial charge in [-0.1, -0.05) is 18.1 Å². The lowest BCUT2D eigenvalue weighted by Gasteiger charge is -2.10. The fraction of sp³-hybridized carbons (Fsp3) is 0.750. The van der Waals surface area contributed by atoms with Crippen LogP contribution in [0, 0.1) is 5.92 Å². The van der Waals surface area contributed by atoms with Gasteiger partial charge in [0.1, 0.15) is 0 Å². The fourth-order valence-corrected chi connectivity index (χ4v) is 1.18. The zero-order chi connectivity index (χ0) is 11.1. The highest BCUT2D eigenvalue weighted by molar-refractivity contribution is 5.69. The smallest absolute Gasteiger partial charge is 0.305 e. The fourth-order valence-electron chi connectivity index (χ4n) is 1.18. The Morgan fingerprint density at radius 3 is 2.29 bits per heavy atom. The van der Waals surface area contributed by atoms with E-state index in [2.05, 4.69) is 32.4 Å². The van der Waals surface area contributed by atoms with E-state index in [0.717, 1.165) is 12.8 Å². The second kappa shape index (κ2) is 6.63. The summed E-state index contributed by atoms with van der Waals surface area (Å²) in [4.78, 5) is 11.0. The summed E-state index contributed by atoms with van der Waals surface area (Å²) in [5.74, 6) is 0.309. The Hall–Kier alpha value is -0.790. The number of allylic oxidation sites excluding steroid dienone is 2. The number of hydrogen-bond acceptors (Lipinski definition) is 2. The van der Waals surface area contributed by atoms with Crippen LogP contribution in [0.25, 0.3) is 0 Å². The average Bonchev–Trinajstić information content (AvgIpc) is 2.13. The summed E-state index contributed by atoms with van der Waals surface area (Å²) < 4.78 is 4.62. The van der Waals surface area contributed by atoms with Crippen molar-refractivity contribution in [2.24, 2.45) is 5.92 Å². The second-order valence-corrected chi connectivity index (χ2v) is 4.20. The zero-order valence-corrected chi connectivity index (χ0v) is 10.0. The first kappa shape index (κ1) is 13.2. The van der Waals surface area contributed by atoms with Crippen LogP contribution in [-0.2, 0) is 9.53 Å². The Morgan fingerprint density at radius 2 is 1.86 bits per heavy atom. The maximum Gasteiger partial charge on any atom is 0.305 e. The second-order valence-electron chi connectivity index (χ2n) is 4.20. The van der Waals surface area contributed by atoms with E-state index < -0.39 is 0 Å². The highest BCUT2D eigenvalue weighted by Gasteiger charge is 2.09. The maximum atomic E-state index is 11.0. The van der Waals surface area contributed by atoms with Crippen LogP contribution in [0.2, 0.25) is 0 Å². The quantitative estimate of drug-likeness (QED) is 0.500. The zero-order valence-electron chi connectivity index (χ0n) is 10.0. The molecule has 14 heavy (non-hydrogen) atoms. The Morgan fingerprint density at radius 1 is 1.29 bits per heavy atom. The van der Waals surface area contributed by atoms with E-state index >= 15 is 0 Å². The first-order valence-electron chi connectivity index (χ1n) is 5.17. The van der Waals surface area contributed by atoms with Gasteiger partial charge in [-0.25, -0.2) is 0 Å². The van der Waals surface area contributed by atoms with Crippen LogP contribution in [0.4, 0.5) is 0 Å². The molecule has 0 aliphatic rings. The molecule has 0 N–H and O–H groups in total. The summed E-state index contributed by atoms with van der Waals surface area (Å²) in [6.07, 6.45) is 2.68. The summed E-state index contributed by atoms with van der Waals surface area (Å²) in [6, 6.07) is 0. The molecule has 0 aliphatic carbocycles. The van der Waals surface area contributed by atoms with Crippen LogP contribution in [0.3, 0.4) is 0 Å². The number of esters is 1. The molecule has 0 unspecified atom stereocenters. The normalized spacial score (nSPS) is 12.1. The van der Waals surface area contributed by atoms with Gasteiger partial charge in [-0.2, -0.15) is 0 Å². The van der Waals surface area contributed by atoms with Gasteiger partial charge in [0.15, 0.2) is 0 Å². The Labute approximate surface area is 87.3 Å². The highest BCUT2D eigenvalue weighted by Crippen LogP contribution is 2.17. The molecule has 0 aromatic heterocycles. The van der Waals surface area contributed by atoms with E-state index in [4.69, 9.17) is 0 Å². The minimum atomic E-state index is -0.104. The van der Waals surface area contributed by atoms with Crippen LogP contribution in [0.1, 0.15) is 47.0 Å². The topological polar surface area (TPSA) is 26.3 Å². The molecular formula is C12H22O2. The van der Waals surface area contributed by atoms with Crippen LogP contribution in [0.5, 0.6) is 0 Å². The summed E-state index contributed by atoms with van der Waals surface area (Å²) >= 11 is 0. The van der Waals surface area contributed by atoms with Crippen LogP contribution in [-0.4, -0.2) is 13.1 Å². The predicted molar refractivity (Wildman–Crippen MR) is 59.1 cm³/mol. The van der Waals surface area contributed by atoms with E-state index in [0.29, 0.717) is 12.3 Å². The lowest BCUT2D eigenvalue weighted by atomic mass is 9.97. The summed E-state index contributed by atoms with van der Waals surface area (Å²) in [5.41, 5.74) is 2.82. The number of hydrogen-bond donors (Lipinski definition) is 0.